The first-order valence-corrected chi connectivity index (χ1v) is 5.41. The van der Waals surface area contributed by atoms with Crippen molar-refractivity contribution in [3.8, 4) is 0 Å². The molecule has 0 aliphatic heterocycles. The fourth-order valence-corrected chi connectivity index (χ4v) is 3.13. The lowest BCUT2D eigenvalue weighted by Gasteiger charge is -1.95. The van der Waals surface area contributed by atoms with Gasteiger partial charge in [0.25, 0.3) is 0 Å². The first kappa shape index (κ1) is 8.44. The van der Waals surface area contributed by atoms with E-state index >= 15 is 0 Å². The molecule has 0 spiro atoms. The van der Waals surface area contributed by atoms with E-state index in [2.05, 4.69) is 28.7 Å². The summed E-state index contributed by atoms with van der Waals surface area (Å²) in [6, 6.07) is 5.67. The van der Waals surface area contributed by atoms with Gasteiger partial charge in [-0.3, -0.25) is 0 Å². The highest BCUT2D eigenvalue weighted by molar-refractivity contribution is 14.1. The molecule has 1 heterocycles. The van der Waals surface area contributed by atoms with Crippen LogP contribution in [-0.4, -0.2) is 0 Å². The Morgan fingerprint density at radius 2 is 2.08 bits per heavy atom. The van der Waals surface area contributed by atoms with E-state index in [-0.39, 0.29) is 5.13 Å². The van der Waals surface area contributed by atoms with E-state index in [1.54, 1.807) is 6.07 Å². The van der Waals surface area contributed by atoms with Gasteiger partial charge in [-0.05, 0) is 52.6 Å². The van der Waals surface area contributed by atoms with E-state index in [0.717, 1.165) is 13.7 Å². The Bertz CT molecular complexity index is 433. The molecule has 0 N–H and O–H groups in total. The lowest BCUT2D eigenvalue weighted by atomic mass is 10.2. The number of hydrogen-bond donors (Lipinski definition) is 0. The highest BCUT2D eigenvalue weighted by Gasteiger charge is 2.04. The molecule has 0 atom stereocenters. The normalized spacial score (nSPS) is 10.9. The molecule has 0 amide bonds. The maximum atomic E-state index is 12.8. The van der Waals surface area contributed by atoms with Crippen molar-refractivity contribution in [2.45, 2.75) is 6.92 Å². The number of rotatable bonds is 0. The largest absolute Gasteiger partial charge is 0.195 e. The van der Waals surface area contributed by atoms with Crippen LogP contribution in [0.3, 0.4) is 0 Å². The van der Waals surface area contributed by atoms with Crippen molar-refractivity contribution >= 4 is 44.0 Å². The molecule has 0 saturated carbocycles. The number of benzene rings is 1. The Balaban J connectivity index is 2.88. The number of hydrogen-bond acceptors (Lipinski definition) is 1. The summed E-state index contributed by atoms with van der Waals surface area (Å²) < 4.78 is 15.0. The number of halogens is 2. The van der Waals surface area contributed by atoms with E-state index in [9.17, 15) is 4.39 Å². The van der Waals surface area contributed by atoms with E-state index in [1.807, 2.05) is 13.0 Å². The van der Waals surface area contributed by atoms with Crippen LogP contribution >= 0.6 is 33.9 Å². The Morgan fingerprint density at radius 1 is 1.33 bits per heavy atom. The molecule has 0 unspecified atom stereocenters. The summed E-state index contributed by atoms with van der Waals surface area (Å²) in [5, 5.41) is 0.912. The van der Waals surface area contributed by atoms with Crippen molar-refractivity contribution in [1.82, 2.24) is 0 Å². The van der Waals surface area contributed by atoms with Crippen molar-refractivity contribution in [2.75, 3.05) is 0 Å². The Morgan fingerprint density at radius 3 is 2.83 bits per heavy atom. The highest BCUT2D eigenvalue weighted by atomic mass is 127. The Labute approximate surface area is 87.5 Å². The minimum absolute atomic E-state index is 0.103. The molecule has 2 rings (SSSR count). The van der Waals surface area contributed by atoms with Gasteiger partial charge in [0, 0.05) is 3.57 Å². The van der Waals surface area contributed by atoms with Crippen LogP contribution in [0.15, 0.2) is 18.2 Å². The van der Waals surface area contributed by atoms with Crippen molar-refractivity contribution < 1.29 is 4.39 Å². The van der Waals surface area contributed by atoms with Crippen LogP contribution in [0.1, 0.15) is 5.56 Å². The van der Waals surface area contributed by atoms with Crippen molar-refractivity contribution in [3.63, 3.8) is 0 Å². The third-order valence-electron chi connectivity index (χ3n) is 1.69. The molecule has 12 heavy (non-hydrogen) atoms. The second-order valence-electron chi connectivity index (χ2n) is 2.72. The monoisotopic (exact) mass is 292 g/mol. The Kier molecular flexibility index (Phi) is 2.08. The Hall–Kier alpha value is -0.160. The van der Waals surface area contributed by atoms with Crippen LogP contribution < -0.4 is 0 Å². The summed E-state index contributed by atoms with van der Waals surface area (Å²) in [5.41, 5.74) is 1.18. The van der Waals surface area contributed by atoms with Gasteiger partial charge in [-0.2, -0.15) is 4.39 Å². The van der Waals surface area contributed by atoms with E-state index in [4.69, 9.17) is 0 Å². The minimum atomic E-state index is -0.103. The summed E-state index contributed by atoms with van der Waals surface area (Å²) in [6.07, 6.45) is 0. The number of aryl methyl sites for hydroxylation is 1. The van der Waals surface area contributed by atoms with Gasteiger partial charge in [0.1, 0.15) is 0 Å². The molecule has 0 bridgehead atoms. The third kappa shape index (κ3) is 1.35. The van der Waals surface area contributed by atoms with E-state index in [1.165, 1.54) is 16.9 Å². The van der Waals surface area contributed by atoms with Gasteiger partial charge in [-0.25, -0.2) is 0 Å². The van der Waals surface area contributed by atoms with Crippen molar-refractivity contribution in [3.05, 3.63) is 32.5 Å². The maximum absolute atomic E-state index is 12.8. The van der Waals surface area contributed by atoms with Crippen LogP contribution in [0.2, 0.25) is 0 Å². The van der Waals surface area contributed by atoms with Crippen LogP contribution in [0.4, 0.5) is 4.39 Å². The highest BCUT2D eigenvalue weighted by Crippen LogP contribution is 2.29. The molecule has 0 fully saturated rings. The standard InChI is InChI=1S/C9H6FIS/c1-5-2-6-4-8(10)12-9(6)7(11)3-5/h2-4H,1H3. The molecule has 0 nitrogen and oxygen atoms in total. The molecular weight excluding hydrogens is 286 g/mol. The number of fused-ring (bicyclic) bond motifs is 1. The molecular formula is C9H6FIS. The first-order valence-electron chi connectivity index (χ1n) is 3.52. The molecule has 0 radical (unpaired) electrons. The van der Waals surface area contributed by atoms with Gasteiger partial charge >= 0.3 is 0 Å². The average molecular weight is 292 g/mol. The SMILES string of the molecule is Cc1cc(I)c2sc(F)cc2c1. The predicted molar refractivity (Wildman–Crippen MR) is 59.2 cm³/mol. The number of thiophene rings is 1. The van der Waals surface area contributed by atoms with E-state index in [0.29, 0.717) is 0 Å². The molecule has 2 aromatic rings. The predicted octanol–water partition coefficient (Wildman–Crippen LogP) is 3.95. The van der Waals surface area contributed by atoms with Gasteiger partial charge in [-0.15, -0.1) is 11.3 Å². The first-order chi connectivity index (χ1) is 5.66. The van der Waals surface area contributed by atoms with Gasteiger partial charge < -0.3 is 0 Å². The second kappa shape index (κ2) is 2.96. The summed E-state index contributed by atoms with van der Waals surface area (Å²) >= 11 is 3.45. The van der Waals surface area contributed by atoms with Gasteiger partial charge in [0.2, 0.25) is 0 Å². The fourth-order valence-electron chi connectivity index (χ4n) is 1.22. The third-order valence-corrected chi connectivity index (χ3v) is 3.87. The van der Waals surface area contributed by atoms with Crippen LogP contribution in [-0.2, 0) is 0 Å². The lowest BCUT2D eigenvalue weighted by molar-refractivity contribution is 0.658. The minimum Gasteiger partial charge on any atom is -0.195 e. The summed E-state index contributed by atoms with van der Waals surface area (Å²) in [6.45, 7) is 2.02. The van der Waals surface area contributed by atoms with Crippen LogP contribution in [0, 0.1) is 15.6 Å². The van der Waals surface area contributed by atoms with Crippen molar-refractivity contribution in [2.24, 2.45) is 0 Å². The van der Waals surface area contributed by atoms with Crippen molar-refractivity contribution in [1.29, 1.82) is 0 Å². The van der Waals surface area contributed by atoms with Crippen LogP contribution in [0.25, 0.3) is 10.1 Å². The second-order valence-corrected chi connectivity index (χ2v) is 4.88. The topological polar surface area (TPSA) is 0 Å². The summed E-state index contributed by atoms with van der Waals surface area (Å²) in [7, 11) is 0. The zero-order valence-corrected chi connectivity index (χ0v) is 9.37. The van der Waals surface area contributed by atoms with Gasteiger partial charge in [-0.1, -0.05) is 6.07 Å². The molecule has 1 aromatic heterocycles. The van der Waals surface area contributed by atoms with Crippen LogP contribution in [0.5, 0.6) is 0 Å². The smallest absolute Gasteiger partial charge is 0.177 e. The summed E-state index contributed by atoms with van der Waals surface area (Å²) in [4.78, 5) is 0. The quantitative estimate of drug-likeness (QED) is 0.645. The molecule has 1 aromatic carbocycles. The summed E-state index contributed by atoms with van der Waals surface area (Å²) in [5.74, 6) is 0. The molecule has 0 aliphatic carbocycles. The zero-order chi connectivity index (χ0) is 8.72. The zero-order valence-electron chi connectivity index (χ0n) is 6.40. The fraction of sp³-hybridized carbons (Fsp3) is 0.111. The van der Waals surface area contributed by atoms with E-state index < -0.39 is 0 Å². The molecule has 0 saturated heterocycles. The molecule has 0 aliphatic rings. The molecule has 62 valence electrons. The maximum Gasteiger partial charge on any atom is 0.177 e. The van der Waals surface area contributed by atoms with Gasteiger partial charge in [0.15, 0.2) is 5.13 Å². The molecule has 3 heteroatoms. The van der Waals surface area contributed by atoms with Gasteiger partial charge in [0.05, 0.1) is 4.70 Å². The average Bonchev–Trinajstić information content (AvgIpc) is 2.29. The lowest BCUT2D eigenvalue weighted by Crippen LogP contribution is -1.74.